The van der Waals surface area contributed by atoms with Crippen LogP contribution in [0.3, 0.4) is 0 Å². The standard InChI is InChI=1S/C62H120O17P2/c1-7-9-11-13-14-27-34-40-46-61(66)78-57(50-72-59(64)44-38-30-12-10-8-2)52-76-80(68,69)74-48-56(63)49-75-81(70,71)77-53-58(51-73-60(65)45-39-33-28-23-20-19-22-26-32-37-43-55(5)6)79-62(67)47-41-35-29-24-18-16-15-17-21-25-31-36-42-54(3)4/h54-58,63H,7-53H2,1-6H3,(H,68,69)(H,70,71)/t56-,57+,58+/m0/s1. The van der Waals surface area contributed by atoms with Crippen LogP contribution in [0.25, 0.3) is 0 Å². The first-order valence-corrected chi connectivity index (χ1v) is 35.5. The van der Waals surface area contributed by atoms with E-state index in [4.69, 9.17) is 37.0 Å². The molecule has 0 spiro atoms. The zero-order valence-electron chi connectivity index (χ0n) is 52.1. The van der Waals surface area contributed by atoms with Gasteiger partial charge in [-0.1, -0.05) is 253 Å². The molecule has 0 aliphatic rings. The summed E-state index contributed by atoms with van der Waals surface area (Å²) >= 11 is 0. The largest absolute Gasteiger partial charge is 0.472 e. The molecule has 0 fully saturated rings. The lowest BCUT2D eigenvalue weighted by molar-refractivity contribution is -0.161. The Balaban J connectivity index is 5.17. The van der Waals surface area contributed by atoms with Crippen molar-refractivity contribution in [3.05, 3.63) is 0 Å². The van der Waals surface area contributed by atoms with Crippen molar-refractivity contribution in [2.75, 3.05) is 39.6 Å². The fourth-order valence-corrected chi connectivity index (χ4v) is 10.8. The Morgan fingerprint density at radius 3 is 0.840 bits per heavy atom. The predicted molar refractivity (Wildman–Crippen MR) is 321 cm³/mol. The van der Waals surface area contributed by atoms with Gasteiger partial charge in [0.1, 0.15) is 19.3 Å². The molecule has 0 amide bonds. The summed E-state index contributed by atoms with van der Waals surface area (Å²) in [7, 11) is -9.87. The minimum Gasteiger partial charge on any atom is -0.462 e. The molecule has 0 rings (SSSR count). The summed E-state index contributed by atoms with van der Waals surface area (Å²) < 4.78 is 67.7. The number of hydrogen-bond acceptors (Lipinski definition) is 15. The minimum absolute atomic E-state index is 0.104. The minimum atomic E-state index is -4.94. The number of rotatable bonds is 61. The summed E-state index contributed by atoms with van der Waals surface area (Å²) in [5, 5.41) is 10.5. The number of carbonyl (C=O) groups is 4. The molecule has 19 heteroatoms. The molecule has 0 aromatic carbocycles. The zero-order chi connectivity index (χ0) is 60.1. The second-order valence-electron chi connectivity index (χ2n) is 23.4. The number of aliphatic hydroxyl groups excluding tert-OH is 1. The molecule has 0 aromatic rings. The fourth-order valence-electron chi connectivity index (χ4n) is 9.18. The maximum absolute atomic E-state index is 13.0. The van der Waals surface area contributed by atoms with Gasteiger partial charge in [-0.2, -0.15) is 0 Å². The zero-order valence-corrected chi connectivity index (χ0v) is 53.9. The van der Waals surface area contributed by atoms with Crippen molar-refractivity contribution in [3.8, 4) is 0 Å². The van der Waals surface area contributed by atoms with Crippen LogP contribution < -0.4 is 0 Å². The van der Waals surface area contributed by atoms with Gasteiger partial charge in [0.05, 0.1) is 26.4 Å². The summed E-state index contributed by atoms with van der Waals surface area (Å²) in [6.07, 6.45) is 36.6. The van der Waals surface area contributed by atoms with E-state index in [1.807, 2.05) is 0 Å². The highest BCUT2D eigenvalue weighted by atomic mass is 31.2. The molecule has 0 aliphatic carbocycles. The number of aliphatic hydroxyl groups is 1. The molecule has 0 saturated heterocycles. The van der Waals surface area contributed by atoms with E-state index in [0.29, 0.717) is 25.7 Å². The molecule has 0 saturated carbocycles. The van der Waals surface area contributed by atoms with Gasteiger partial charge in [0.2, 0.25) is 0 Å². The van der Waals surface area contributed by atoms with E-state index in [-0.39, 0.29) is 25.7 Å². The number of hydrogen-bond donors (Lipinski definition) is 3. The monoisotopic (exact) mass is 1200 g/mol. The Kier molecular flexibility index (Phi) is 53.4. The summed E-state index contributed by atoms with van der Waals surface area (Å²) in [5.41, 5.74) is 0. The summed E-state index contributed by atoms with van der Waals surface area (Å²) in [6, 6.07) is 0. The first kappa shape index (κ1) is 79.1. The molecular formula is C62H120O17P2. The van der Waals surface area contributed by atoms with E-state index in [0.717, 1.165) is 115 Å². The van der Waals surface area contributed by atoms with E-state index < -0.39 is 97.5 Å². The Hall–Kier alpha value is -1.94. The smallest absolute Gasteiger partial charge is 0.462 e. The molecule has 81 heavy (non-hydrogen) atoms. The molecule has 0 heterocycles. The Labute approximate surface area is 492 Å². The van der Waals surface area contributed by atoms with Crippen LogP contribution in [0.15, 0.2) is 0 Å². The second-order valence-corrected chi connectivity index (χ2v) is 26.3. The van der Waals surface area contributed by atoms with E-state index in [1.54, 1.807) is 0 Å². The molecule has 0 aliphatic heterocycles. The molecule has 5 atom stereocenters. The number of unbranched alkanes of at least 4 members (excludes halogenated alkanes) is 31. The van der Waals surface area contributed by atoms with Crippen LogP contribution in [0.5, 0.6) is 0 Å². The molecule has 0 bridgehead atoms. The van der Waals surface area contributed by atoms with Gasteiger partial charge in [0, 0.05) is 25.7 Å². The summed E-state index contributed by atoms with van der Waals surface area (Å²) in [4.78, 5) is 71.8. The topological polar surface area (TPSA) is 237 Å². The van der Waals surface area contributed by atoms with Crippen LogP contribution in [0.1, 0.15) is 305 Å². The van der Waals surface area contributed by atoms with Crippen molar-refractivity contribution < 1.29 is 80.2 Å². The Morgan fingerprint density at radius 2 is 0.568 bits per heavy atom. The number of phosphoric ester groups is 2. The molecular weight excluding hydrogens is 1080 g/mol. The molecule has 17 nitrogen and oxygen atoms in total. The second kappa shape index (κ2) is 54.7. The highest BCUT2D eigenvalue weighted by molar-refractivity contribution is 7.47. The quantitative estimate of drug-likeness (QED) is 0.0222. The van der Waals surface area contributed by atoms with Gasteiger partial charge in [-0.15, -0.1) is 0 Å². The van der Waals surface area contributed by atoms with Gasteiger partial charge in [-0.05, 0) is 37.5 Å². The lowest BCUT2D eigenvalue weighted by atomic mass is 10.0. The number of ether oxygens (including phenoxy) is 4. The van der Waals surface area contributed by atoms with Crippen LogP contribution in [0.2, 0.25) is 0 Å². The van der Waals surface area contributed by atoms with Gasteiger partial charge < -0.3 is 33.8 Å². The molecule has 0 radical (unpaired) electrons. The van der Waals surface area contributed by atoms with Gasteiger partial charge in [0.15, 0.2) is 12.2 Å². The van der Waals surface area contributed by atoms with Crippen molar-refractivity contribution in [1.82, 2.24) is 0 Å². The van der Waals surface area contributed by atoms with Gasteiger partial charge in [0.25, 0.3) is 0 Å². The normalized spacial score (nSPS) is 14.4. The van der Waals surface area contributed by atoms with Crippen LogP contribution in [-0.4, -0.2) is 96.7 Å². The van der Waals surface area contributed by atoms with Crippen LogP contribution in [0.4, 0.5) is 0 Å². The van der Waals surface area contributed by atoms with Crippen molar-refractivity contribution in [2.24, 2.45) is 11.8 Å². The third-order valence-corrected chi connectivity index (χ3v) is 16.1. The first-order valence-electron chi connectivity index (χ1n) is 32.5. The van der Waals surface area contributed by atoms with Crippen molar-refractivity contribution >= 4 is 39.5 Å². The van der Waals surface area contributed by atoms with Crippen LogP contribution in [-0.2, 0) is 65.4 Å². The van der Waals surface area contributed by atoms with Gasteiger partial charge in [-0.3, -0.25) is 37.3 Å². The molecule has 2 unspecified atom stereocenters. The van der Waals surface area contributed by atoms with Crippen molar-refractivity contribution in [1.29, 1.82) is 0 Å². The fraction of sp³-hybridized carbons (Fsp3) is 0.935. The predicted octanol–water partition coefficient (Wildman–Crippen LogP) is 16.9. The molecule has 0 aromatic heterocycles. The maximum atomic E-state index is 13.0. The van der Waals surface area contributed by atoms with Gasteiger partial charge in [-0.25, -0.2) is 9.13 Å². The lowest BCUT2D eigenvalue weighted by Gasteiger charge is -2.21. The van der Waals surface area contributed by atoms with E-state index >= 15 is 0 Å². The van der Waals surface area contributed by atoms with Crippen LogP contribution in [0, 0.1) is 11.8 Å². The Morgan fingerprint density at radius 1 is 0.333 bits per heavy atom. The molecule has 3 N–H and O–H groups in total. The number of phosphoric acid groups is 2. The number of esters is 4. The lowest BCUT2D eigenvalue weighted by Crippen LogP contribution is -2.30. The average Bonchev–Trinajstić information content (AvgIpc) is 3.42. The van der Waals surface area contributed by atoms with Gasteiger partial charge >= 0.3 is 39.5 Å². The summed E-state index contributed by atoms with van der Waals surface area (Å²) in [5.74, 6) is -0.614. The molecule has 480 valence electrons. The average molecular weight is 1200 g/mol. The summed E-state index contributed by atoms with van der Waals surface area (Å²) in [6.45, 7) is 9.37. The van der Waals surface area contributed by atoms with E-state index in [1.165, 1.54) is 109 Å². The highest BCUT2D eigenvalue weighted by Crippen LogP contribution is 2.45. The van der Waals surface area contributed by atoms with E-state index in [9.17, 15) is 43.2 Å². The SMILES string of the molecule is CCCCCCCCCCC(=O)O[C@H](COC(=O)CCCCCCC)COP(=O)(O)OC[C@H](O)COP(=O)(O)OC[C@@H](COC(=O)CCCCCCCCCCCCC(C)C)OC(=O)CCCCCCCCCCCCCCC(C)C. The van der Waals surface area contributed by atoms with Crippen molar-refractivity contribution in [2.45, 2.75) is 323 Å². The third-order valence-electron chi connectivity index (χ3n) is 14.2. The van der Waals surface area contributed by atoms with Crippen molar-refractivity contribution in [3.63, 3.8) is 0 Å². The van der Waals surface area contributed by atoms with Crippen LogP contribution >= 0.6 is 15.6 Å². The Bertz CT molecular complexity index is 1600. The third kappa shape index (κ3) is 56.9. The first-order chi connectivity index (χ1) is 38.9. The van der Waals surface area contributed by atoms with E-state index in [2.05, 4.69) is 41.5 Å². The maximum Gasteiger partial charge on any atom is 0.472 e. The number of carbonyl (C=O) groups excluding carboxylic acids is 4. The highest BCUT2D eigenvalue weighted by Gasteiger charge is 2.30.